The third-order valence-electron chi connectivity index (χ3n) is 3.24. The molecule has 0 aromatic carbocycles. The lowest BCUT2D eigenvalue weighted by Crippen LogP contribution is -2.40. The Morgan fingerprint density at radius 1 is 1.61 bits per heavy atom. The minimum absolute atomic E-state index is 0.0118. The van der Waals surface area contributed by atoms with E-state index in [0.717, 1.165) is 25.1 Å². The lowest BCUT2D eigenvalue weighted by atomic mass is 9.99. The van der Waals surface area contributed by atoms with Gasteiger partial charge in [-0.3, -0.25) is 4.79 Å². The van der Waals surface area contributed by atoms with E-state index in [1.54, 1.807) is 11.0 Å². The SMILES string of the molecule is Cc1ccc(/C=C/C(=O)N2CCCC(CO)C2)o1. The first kappa shape index (κ1) is 12.9. The van der Waals surface area contributed by atoms with Crippen LogP contribution in [0.15, 0.2) is 22.6 Å². The van der Waals surface area contributed by atoms with Crippen LogP contribution in [0, 0.1) is 12.8 Å². The molecular formula is C14H19NO3. The summed E-state index contributed by atoms with van der Waals surface area (Å²) < 4.78 is 5.37. The van der Waals surface area contributed by atoms with E-state index in [0.29, 0.717) is 12.3 Å². The average molecular weight is 249 g/mol. The molecule has 0 bridgehead atoms. The Morgan fingerprint density at radius 3 is 3.11 bits per heavy atom. The summed E-state index contributed by atoms with van der Waals surface area (Å²) in [7, 11) is 0. The molecule has 1 amide bonds. The predicted molar refractivity (Wildman–Crippen MR) is 68.9 cm³/mol. The number of aryl methyl sites for hydroxylation is 1. The molecule has 1 aliphatic rings. The van der Waals surface area contributed by atoms with Crippen LogP contribution in [0.25, 0.3) is 6.08 Å². The number of carbonyl (C=O) groups is 1. The molecule has 1 fully saturated rings. The predicted octanol–water partition coefficient (Wildman–Crippen LogP) is 1.83. The second-order valence-corrected chi connectivity index (χ2v) is 4.76. The molecule has 2 heterocycles. The Bertz CT molecular complexity index is 436. The number of hydrogen-bond acceptors (Lipinski definition) is 3. The number of aliphatic hydroxyl groups excluding tert-OH is 1. The highest BCUT2D eigenvalue weighted by Gasteiger charge is 2.21. The third kappa shape index (κ3) is 3.23. The smallest absolute Gasteiger partial charge is 0.246 e. The molecule has 4 heteroatoms. The fraction of sp³-hybridized carbons (Fsp3) is 0.500. The molecule has 98 valence electrons. The Hall–Kier alpha value is -1.55. The lowest BCUT2D eigenvalue weighted by Gasteiger charge is -2.31. The summed E-state index contributed by atoms with van der Waals surface area (Å²) in [6, 6.07) is 3.71. The Balaban J connectivity index is 1.93. The van der Waals surface area contributed by atoms with Gasteiger partial charge >= 0.3 is 0 Å². The number of carbonyl (C=O) groups excluding carboxylic acids is 1. The summed E-state index contributed by atoms with van der Waals surface area (Å²) in [5.41, 5.74) is 0. The molecule has 4 nitrogen and oxygen atoms in total. The van der Waals surface area contributed by atoms with Gasteiger partial charge in [-0.1, -0.05) is 0 Å². The van der Waals surface area contributed by atoms with Crippen molar-refractivity contribution in [1.82, 2.24) is 4.90 Å². The first-order valence-electron chi connectivity index (χ1n) is 6.33. The van der Waals surface area contributed by atoms with Crippen molar-refractivity contribution in [3.63, 3.8) is 0 Å². The summed E-state index contributed by atoms with van der Waals surface area (Å²) in [5, 5.41) is 9.13. The van der Waals surface area contributed by atoms with Crippen molar-refractivity contribution in [1.29, 1.82) is 0 Å². The zero-order valence-corrected chi connectivity index (χ0v) is 10.6. The molecule has 0 radical (unpaired) electrons. The Kier molecular flexibility index (Phi) is 4.20. The third-order valence-corrected chi connectivity index (χ3v) is 3.24. The van der Waals surface area contributed by atoms with E-state index in [-0.39, 0.29) is 18.4 Å². The summed E-state index contributed by atoms with van der Waals surface area (Å²) >= 11 is 0. The van der Waals surface area contributed by atoms with E-state index in [1.165, 1.54) is 6.08 Å². The van der Waals surface area contributed by atoms with Gasteiger partial charge in [0.2, 0.25) is 5.91 Å². The Labute approximate surface area is 107 Å². The number of nitrogens with zero attached hydrogens (tertiary/aromatic N) is 1. The molecule has 1 saturated heterocycles. The second-order valence-electron chi connectivity index (χ2n) is 4.76. The maximum Gasteiger partial charge on any atom is 0.246 e. The first-order chi connectivity index (χ1) is 8.69. The van der Waals surface area contributed by atoms with Crippen LogP contribution in [-0.4, -0.2) is 35.6 Å². The van der Waals surface area contributed by atoms with Gasteiger partial charge in [0.05, 0.1) is 0 Å². The van der Waals surface area contributed by atoms with Gasteiger partial charge in [-0.2, -0.15) is 0 Å². The van der Waals surface area contributed by atoms with Crippen molar-refractivity contribution in [2.75, 3.05) is 19.7 Å². The number of rotatable bonds is 3. The minimum atomic E-state index is -0.0118. The zero-order chi connectivity index (χ0) is 13.0. The van der Waals surface area contributed by atoms with Gasteiger partial charge in [0, 0.05) is 25.8 Å². The van der Waals surface area contributed by atoms with Crippen LogP contribution in [0.3, 0.4) is 0 Å². The highest BCUT2D eigenvalue weighted by Crippen LogP contribution is 2.16. The fourth-order valence-corrected chi connectivity index (χ4v) is 2.22. The molecule has 1 atom stereocenters. The van der Waals surface area contributed by atoms with Gasteiger partial charge in [-0.05, 0) is 43.9 Å². The van der Waals surface area contributed by atoms with Crippen molar-refractivity contribution in [2.45, 2.75) is 19.8 Å². The van der Waals surface area contributed by atoms with E-state index >= 15 is 0 Å². The molecule has 0 spiro atoms. The lowest BCUT2D eigenvalue weighted by molar-refractivity contribution is -0.127. The topological polar surface area (TPSA) is 53.7 Å². The summed E-state index contributed by atoms with van der Waals surface area (Å²) in [5.74, 6) is 1.74. The van der Waals surface area contributed by atoms with Crippen LogP contribution in [0.4, 0.5) is 0 Å². The first-order valence-corrected chi connectivity index (χ1v) is 6.33. The molecule has 18 heavy (non-hydrogen) atoms. The van der Waals surface area contributed by atoms with E-state index in [9.17, 15) is 4.79 Å². The molecule has 1 aromatic heterocycles. The normalized spacial score (nSPS) is 20.6. The highest BCUT2D eigenvalue weighted by molar-refractivity contribution is 5.91. The maximum absolute atomic E-state index is 12.0. The van der Waals surface area contributed by atoms with Gasteiger partial charge in [0.15, 0.2) is 0 Å². The summed E-state index contributed by atoms with van der Waals surface area (Å²) in [4.78, 5) is 13.7. The van der Waals surface area contributed by atoms with Gasteiger partial charge < -0.3 is 14.4 Å². The van der Waals surface area contributed by atoms with E-state index in [2.05, 4.69) is 0 Å². The van der Waals surface area contributed by atoms with Crippen molar-refractivity contribution in [3.05, 3.63) is 29.7 Å². The van der Waals surface area contributed by atoms with Crippen LogP contribution in [0.2, 0.25) is 0 Å². The van der Waals surface area contributed by atoms with Crippen LogP contribution >= 0.6 is 0 Å². The number of hydrogen-bond donors (Lipinski definition) is 1. The summed E-state index contributed by atoms with van der Waals surface area (Å²) in [6.45, 7) is 3.45. The van der Waals surface area contributed by atoms with Gasteiger partial charge in [0.1, 0.15) is 11.5 Å². The minimum Gasteiger partial charge on any atom is -0.462 e. The van der Waals surface area contributed by atoms with Crippen molar-refractivity contribution in [2.24, 2.45) is 5.92 Å². The van der Waals surface area contributed by atoms with Crippen LogP contribution in [0.1, 0.15) is 24.4 Å². The monoisotopic (exact) mass is 249 g/mol. The molecule has 2 rings (SSSR count). The highest BCUT2D eigenvalue weighted by atomic mass is 16.3. The number of likely N-dealkylation sites (tertiary alicyclic amines) is 1. The quantitative estimate of drug-likeness (QED) is 0.831. The molecule has 1 N–H and O–H groups in total. The van der Waals surface area contributed by atoms with Gasteiger partial charge in [0.25, 0.3) is 0 Å². The molecule has 1 unspecified atom stereocenters. The van der Waals surface area contributed by atoms with Crippen molar-refractivity contribution >= 4 is 12.0 Å². The van der Waals surface area contributed by atoms with Gasteiger partial charge in [-0.15, -0.1) is 0 Å². The molecule has 0 saturated carbocycles. The fourth-order valence-electron chi connectivity index (χ4n) is 2.22. The largest absolute Gasteiger partial charge is 0.462 e. The number of amides is 1. The Morgan fingerprint density at radius 2 is 2.44 bits per heavy atom. The number of piperidine rings is 1. The average Bonchev–Trinajstić information content (AvgIpc) is 2.82. The molecule has 1 aliphatic heterocycles. The van der Waals surface area contributed by atoms with Crippen molar-refractivity contribution in [3.8, 4) is 0 Å². The van der Waals surface area contributed by atoms with E-state index < -0.39 is 0 Å². The van der Waals surface area contributed by atoms with E-state index in [4.69, 9.17) is 9.52 Å². The second kappa shape index (κ2) is 5.87. The molecule has 1 aromatic rings. The zero-order valence-electron chi connectivity index (χ0n) is 10.6. The standard InChI is InChI=1S/C14H19NO3/c1-11-4-5-13(18-11)6-7-14(17)15-8-2-3-12(9-15)10-16/h4-7,12,16H,2-3,8-10H2,1H3/b7-6+. The van der Waals surface area contributed by atoms with Crippen LogP contribution < -0.4 is 0 Å². The maximum atomic E-state index is 12.0. The van der Waals surface area contributed by atoms with E-state index in [1.807, 2.05) is 19.1 Å². The van der Waals surface area contributed by atoms with Gasteiger partial charge in [-0.25, -0.2) is 0 Å². The summed E-state index contributed by atoms with van der Waals surface area (Å²) in [6.07, 6.45) is 5.20. The molecule has 0 aliphatic carbocycles. The number of aliphatic hydroxyl groups is 1. The number of furan rings is 1. The van der Waals surface area contributed by atoms with Crippen LogP contribution in [0.5, 0.6) is 0 Å². The van der Waals surface area contributed by atoms with Crippen molar-refractivity contribution < 1.29 is 14.3 Å². The van der Waals surface area contributed by atoms with Crippen LogP contribution in [-0.2, 0) is 4.79 Å². The molecular weight excluding hydrogens is 230 g/mol.